The summed E-state index contributed by atoms with van der Waals surface area (Å²) in [5, 5.41) is 11.0. The first-order valence-corrected chi connectivity index (χ1v) is 12.4. The smallest absolute Gasteiger partial charge is 0.216 e. The van der Waals surface area contributed by atoms with Crippen LogP contribution in [0.2, 0.25) is 0 Å². The van der Waals surface area contributed by atoms with E-state index in [4.69, 9.17) is 20.6 Å². The van der Waals surface area contributed by atoms with Crippen LogP contribution in [0.25, 0.3) is 21.9 Å². The molecule has 5 aromatic rings. The Labute approximate surface area is 216 Å². The van der Waals surface area contributed by atoms with Crippen LogP contribution in [0.4, 0.5) is 0 Å². The van der Waals surface area contributed by atoms with Crippen LogP contribution in [0.5, 0.6) is 11.5 Å². The standard InChI is InChI=1S/C33H28N2O2/c1-33(2)26-14-8-9-15-28(26)36-29-20-23(17-19-27(29)33)25-18-16-21-10-6-7-13-24(21)30(25)32(35)37-31(34)22-11-4-3-5-12-22/h3-20,31,35H,34H2,1-2H3. The molecular weight excluding hydrogens is 456 g/mol. The molecule has 0 radical (unpaired) electrons. The van der Waals surface area contributed by atoms with E-state index in [2.05, 4.69) is 50.2 Å². The largest absolute Gasteiger partial charge is 0.457 e. The molecule has 0 saturated carbocycles. The highest BCUT2D eigenvalue weighted by atomic mass is 16.5. The van der Waals surface area contributed by atoms with Crippen LogP contribution in [0.15, 0.2) is 109 Å². The number of benzene rings is 5. The van der Waals surface area contributed by atoms with E-state index in [0.29, 0.717) is 5.56 Å². The van der Waals surface area contributed by atoms with Gasteiger partial charge in [-0.05, 0) is 34.0 Å². The van der Waals surface area contributed by atoms with Crippen LogP contribution in [0.3, 0.4) is 0 Å². The van der Waals surface area contributed by atoms with E-state index in [9.17, 15) is 0 Å². The molecule has 1 aliphatic heterocycles. The average Bonchev–Trinajstić information content (AvgIpc) is 2.92. The second-order valence-corrected chi connectivity index (χ2v) is 9.92. The molecule has 1 unspecified atom stereocenters. The number of rotatable bonds is 4. The fourth-order valence-electron chi connectivity index (χ4n) is 5.28. The van der Waals surface area contributed by atoms with Crippen LogP contribution >= 0.6 is 0 Å². The summed E-state index contributed by atoms with van der Waals surface area (Å²) in [6, 6.07) is 36.3. The van der Waals surface area contributed by atoms with Crippen molar-refractivity contribution < 1.29 is 9.47 Å². The van der Waals surface area contributed by atoms with Gasteiger partial charge >= 0.3 is 0 Å². The van der Waals surface area contributed by atoms with Gasteiger partial charge in [0, 0.05) is 22.1 Å². The van der Waals surface area contributed by atoms with Crippen molar-refractivity contribution in [2.24, 2.45) is 5.73 Å². The third-order valence-electron chi connectivity index (χ3n) is 7.28. The molecular formula is C33H28N2O2. The van der Waals surface area contributed by atoms with Crippen molar-refractivity contribution in [2.75, 3.05) is 0 Å². The Bertz CT molecular complexity index is 1640. The summed E-state index contributed by atoms with van der Waals surface area (Å²) in [6.07, 6.45) is -0.746. The van der Waals surface area contributed by atoms with E-state index in [1.807, 2.05) is 72.8 Å². The van der Waals surface area contributed by atoms with E-state index in [-0.39, 0.29) is 11.3 Å². The summed E-state index contributed by atoms with van der Waals surface area (Å²) in [5.74, 6) is 1.74. The number of fused-ring (bicyclic) bond motifs is 3. The number of para-hydroxylation sites is 1. The lowest BCUT2D eigenvalue weighted by Gasteiger charge is -2.34. The SMILES string of the molecule is CC1(C)c2ccccc2Oc2cc(-c3ccc4ccccc4c3C(=N)OC(N)c3ccccc3)ccc21. The molecule has 182 valence electrons. The van der Waals surface area contributed by atoms with Gasteiger partial charge in [0.15, 0.2) is 6.23 Å². The number of nitrogens with one attached hydrogen (secondary N) is 1. The highest BCUT2D eigenvalue weighted by molar-refractivity contribution is 6.11. The molecule has 37 heavy (non-hydrogen) atoms. The Kier molecular flexibility index (Phi) is 5.54. The molecule has 0 aliphatic carbocycles. The Hall–Kier alpha value is -4.41. The second kappa shape index (κ2) is 8.91. The van der Waals surface area contributed by atoms with Gasteiger partial charge in [-0.15, -0.1) is 0 Å². The van der Waals surface area contributed by atoms with E-state index in [1.54, 1.807) is 0 Å². The molecule has 4 nitrogen and oxygen atoms in total. The quantitative estimate of drug-likeness (QED) is 0.155. The van der Waals surface area contributed by atoms with Gasteiger partial charge in [-0.1, -0.05) is 111 Å². The maximum absolute atomic E-state index is 9.00. The van der Waals surface area contributed by atoms with Crippen LogP contribution in [0.1, 0.15) is 42.3 Å². The van der Waals surface area contributed by atoms with Gasteiger partial charge in [-0.2, -0.15) is 0 Å². The predicted octanol–water partition coefficient (Wildman–Crippen LogP) is 7.94. The normalized spacial score (nSPS) is 14.2. The summed E-state index contributed by atoms with van der Waals surface area (Å²) >= 11 is 0. The molecule has 3 N–H and O–H groups in total. The summed E-state index contributed by atoms with van der Waals surface area (Å²) in [6.45, 7) is 4.45. The van der Waals surface area contributed by atoms with Gasteiger partial charge in [0.05, 0.1) is 5.56 Å². The van der Waals surface area contributed by atoms with Crippen molar-refractivity contribution in [2.45, 2.75) is 25.5 Å². The molecule has 1 atom stereocenters. The third-order valence-corrected chi connectivity index (χ3v) is 7.28. The number of hydrogen-bond acceptors (Lipinski definition) is 4. The minimum Gasteiger partial charge on any atom is -0.457 e. The molecule has 0 bridgehead atoms. The second-order valence-electron chi connectivity index (χ2n) is 9.92. The predicted molar refractivity (Wildman–Crippen MR) is 149 cm³/mol. The fraction of sp³-hybridized carbons (Fsp3) is 0.121. The average molecular weight is 485 g/mol. The van der Waals surface area contributed by atoms with E-state index in [0.717, 1.165) is 44.5 Å². The van der Waals surface area contributed by atoms with E-state index >= 15 is 0 Å². The van der Waals surface area contributed by atoms with Crippen LogP contribution in [-0.2, 0) is 10.2 Å². The molecule has 0 aromatic heterocycles. The van der Waals surface area contributed by atoms with Gasteiger partial charge in [0.25, 0.3) is 0 Å². The summed E-state index contributed by atoms with van der Waals surface area (Å²) in [5.41, 5.74) is 11.8. The van der Waals surface area contributed by atoms with Crippen molar-refractivity contribution in [3.05, 3.63) is 131 Å². The van der Waals surface area contributed by atoms with Gasteiger partial charge in [0.1, 0.15) is 11.5 Å². The van der Waals surface area contributed by atoms with Gasteiger partial charge in [-0.25, -0.2) is 0 Å². The first-order valence-electron chi connectivity index (χ1n) is 12.4. The lowest BCUT2D eigenvalue weighted by Crippen LogP contribution is -2.24. The van der Waals surface area contributed by atoms with Gasteiger partial charge in [0.2, 0.25) is 5.90 Å². The van der Waals surface area contributed by atoms with Crippen LogP contribution in [-0.4, -0.2) is 5.90 Å². The molecule has 6 rings (SSSR count). The number of ether oxygens (including phenoxy) is 2. The monoisotopic (exact) mass is 484 g/mol. The molecule has 0 amide bonds. The molecule has 5 aromatic carbocycles. The maximum atomic E-state index is 9.00. The highest BCUT2D eigenvalue weighted by Crippen LogP contribution is 2.49. The third kappa shape index (κ3) is 3.96. The Balaban J connectivity index is 1.46. The first-order chi connectivity index (χ1) is 17.9. The first kappa shape index (κ1) is 23.0. The molecule has 0 spiro atoms. The number of hydrogen-bond donors (Lipinski definition) is 2. The molecule has 4 heteroatoms. The van der Waals surface area contributed by atoms with Gasteiger partial charge in [-0.3, -0.25) is 11.1 Å². The van der Waals surface area contributed by atoms with Crippen molar-refractivity contribution >= 4 is 16.7 Å². The lowest BCUT2D eigenvalue weighted by molar-refractivity contribution is 0.199. The molecule has 0 saturated heterocycles. The summed E-state index contributed by atoms with van der Waals surface area (Å²) < 4.78 is 12.4. The Morgan fingerprint density at radius 1 is 0.784 bits per heavy atom. The molecule has 1 heterocycles. The zero-order valence-corrected chi connectivity index (χ0v) is 20.9. The fourth-order valence-corrected chi connectivity index (χ4v) is 5.28. The van der Waals surface area contributed by atoms with E-state index in [1.165, 1.54) is 5.56 Å². The van der Waals surface area contributed by atoms with Crippen LogP contribution < -0.4 is 10.5 Å². The zero-order chi connectivity index (χ0) is 25.6. The topological polar surface area (TPSA) is 68.3 Å². The van der Waals surface area contributed by atoms with Crippen molar-refractivity contribution in [3.63, 3.8) is 0 Å². The minimum atomic E-state index is -0.746. The maximum Gasteiger partial charge on any atom is 0.216 e. The van der Waals surface area contributed by atoms with Crippen molar-refractivity contribution in [1.29, 1.82) is 5.41 Å². The van der Waals surface area contributed by atoms with Crippen molar-refractivity contribution in [3.8, 4) is 22.6 Å². The van der Waals surface area contributed by atoms with Gasteiger partial charge < -0.3 is 9.47 Å². The summed E-state index contributed by atoms with van der Waals surface area (Å²) in [7, 11) is 0. The zero-order valence-electron chi connectivity index (χ0n) is 20.9. The highest BCUT2D eigenvalue weighted by Gasteiger charge is 2.34. The van der Waals surface area contributed by atoms with E-state index < -0.39 is 6.23 Å². The van der Waals surface area contributed by atoms with Crippen LogP contribution in [0, 0.1) is 5.41 Å². The molecule has 0 fully saturated rings. The molecule has 1 aliphatic rings. The Morgan fingerprint density at radius 2 is 1.49 bits per heavy atom. The van der Waals surface area contributed by atoms with Crippen molar-refractivity contribution in [1.82, 2.24) is 0 Å². The summed E-state index contributed by atoms with van der Waals surface area (Å²) in [4.78, 5) is 0. The minimum absolute atomic E-state index is 0.0347. The lowest BCUT2D eigenvalue weighted by atomic mass is 9.75. The number of nitrogens with two attached hydrogens (primary N) is 1. The Morgan fingerprint density at radius 3 is 2.32 bits per heavy atom.